The largest absolute Gasteiger partial charge is 0.454 e. The van der Waals surface area contributed by atoms with Crippen molar-refractivity contribution in [2.45, 2.75) is 38.3 Å². The van der Waals surface area contributed by atoms with Crippen LogP contribution in [0.5, 0.6) is 11.5 Å². The molecule has 2 N–H and O–H groups in total. The molecule has 1 saturated heterocycles. The topological polar surface area (TPSA) is 42.5 Å². The molecule has 19 heavy (non-hydrogen) atoms. The zero-order valence-electron chi connectivity index (χ0n) is 11.4. The highest BCUT2D eigenvalue weighted by atomic mass is 16.7. The number of rotatable bonds is 4. The lowest BCUT2D eigenvalue weighted by Crippen LogP contribution is -2.42. The second-order valence-electron chi connectivity index (χ2n) is 5.39. The van der Waals surface area contributed by atoms with E-state index in [2.05, 4.69) is 29.7 Å². The van der Waals surface area contributed by atoms with Crippen LogP contribution < -0.4 is 20.1 Å². The molecule has 2 heterocycles. The van der Waals surface area contributed by atoms with Gasteiger partial charge in [-0.3, -0.25) is 0 Å². The van der Waals surface area contributed by atoms with Gasteiger partial charge in [0.2, 0.25) is 6.79 Å². The van der Waals surface area contributed by atoms with Crippen LogP contribution >= 0.6 is 0 Å². The third kappa shape index (κ3) is 3.01. The van der Waals surface area contributed by atoms with Crippen LogP contribution in [0.15, 0.2) is 18.2 Å². The second kappa shape index (κ2) is 5.80. The Morgan fingerprint density at radius 2 is 2.21 bits per heavy atom. The van der Waals surface area contributed by atoms with Crippen molar-refractivity contribution in [3.63, 3.8) is 0 Å². The molecular weight excluding hydrogens is 240 g/mol. The van der Waals surface area contributed by atoms with Gasteiger partial charge in [0.1, 0.15) is 0 Å². The number of hydrogen-bond acceptors (Lipinski definition) is 4. The molecule has 0 aliphatic carbocycles. The van der Waals surface area contributed by atoms with Gasteiger partial charge < -0.3 is 20.1 Å². The number of hydrogen-bond donors (Lipinski definition) is 2. The van der Waals surface area contributed by atoms with E-state index in [1.54, 1.807) is 0 Å². The van der Waals surface area contributed by atoms with Gasteiger partial charge in [-0.15, -0.1) is 0 Å². The minimum atomic E-state index is 0.332. The second-order valence-corrected chi connectivity index (χ2v) is 5.39. The number of piperidine rings is 1. The van der Waals surface area contributed by atoms with Gasteiger partial charge in [0.25, 0.3) is 0 Å². The standard InChI is InChI=1S/C15H22N2O2/c1-11(17-9-13-4-2-3-7-16-13)12-5-6-14-15(8-12)19-10-18-14/h5-6,8,11,13,16-17H,2-4,7,9-10H2,1H3. The fourth-order valence-corrected chi connectivity index (χ4v) is 2.72. The lowest BCUT2D eigenvalue weighted by Gasteiger charge is -2.25. The van der Waals surface area contributed by atoms with Crippen LogP contribution in [-0.2, 0) is 0 Å². The zero-order valence-corrected chi connectivity index (χ0v) is 11.4. The van der Waals surface area contributed by atoms with E-state index in [1.165, 1.54) is 24.8 Å². The first-order valence-corrected chi connectivity index (χ1v) is 7.19. The summed E-state index contributed by atoms with van der Waals surface area (Å²) in [6, 6.07) is 7.13. The predicted molar refractivity (Wildman–Crippen MR) is 74.6 cm³/mol. The summed E-state index contributed by atoms with van der Waals surface area (Å²) in [5.41, 5.74) is 1.25. The van der Waals surface area contributed by atoms with E-state index in [4.69, 9.17) is 9.47 Å². The van der Waals surface area contributed by atoms with Gasteiger partial charge in [0.15, 0.2) is 11.5 Å². The molecule has 2 aliphatic heterocycles. The Hall–Kier alpha value is -1.26. The van der Waals surface area contributed by atoms with Gasteiger partial charge >= 0.3 is 0 Å². The van der Waals surface area contributed by atoms with Crippen LogP contribution in [0.2, 0.25) is 0 Å². The Balaban J connectivity index is 1.56. The summed E-state index contributed by atoms with van der Waals surface area (Å²) >= 11 is 0. The lowest BCUT2D eigenvalue weighted by atomic mass is 10.0. The third-order valence-electron chi connectivity index (χ3n) is 3.98. The van der Waals surface area contributed by atoms with Crippen LogP contribution in [0.3, 0.4) is 0 Å². The Morgan fingerprint density at radius 1 is 1.32 bits per heavy atom. The first kappa shape index (κ1) is 12.8. The summed E-state index contributed by atoms with van der Waals surface area (Å²) < 4.78 is 10.8. The Labute approximate surface area is 114 Å². The van der Waals surface area contributed by atoms with Gasteiger partial charge in [0.05, 0.1) is 0 Å². The fourth-order valence-electron chi connectivity index (χ4n) is 2.72. The molecule has 1 aromatic carbocycles. The zero-order chi connectivity index (χ0) is 13.1. The van der Waals surface area contributed by atoms with Crippen LogP contribution in [0.25, 0.3) is 0 Å². The molecule has 0 spiro atoms. The maximum absolute atomic E-state index is 5.42. The van der Waals surface area contributed by atoms with Crippen molar-refractivity contribution < 1.29 is 9.47 Å². The van der Waals surface area contributed by atoms with E-state index in [9.17, 15) is 0 Å². The van der Waals surface area contributed by atoms with E-state index in [-0.39, 0.29) is 0 Å². The lowest BCUT2D eigenvalue weighted by molar-refractivity contribution is 0.174. The van der Waals surface area contributed by atoms with Gasteiger partial charge in [-0.1, -0.05) is 12.5 Å². The van der Waals surface area contributed by atoms with Crippen LogP contribution in [0.1, 0.15) is 37.8 Å². The maximum Gasteiger partial charge on any atom is 0.231 e. The average molecular weight is 262 g/mol. The van der Waals surface area contributed by atoms with Gasteiger partial charge in [-0.05, 0) is 44.0 Å². The van der Waals surface area contributed by atoms with Crippen molar-refractivity contribution in [1.82, 2.24) is 10.6 Å². The van der Waals surface area contributed by atoms with E-state index < -0.39 is 0 Å². The number of nitrogens with one attached hydrogen (secondary N) is 2. The first-order chi connectivity index (χ1) is 9.33. The average Bonchev–Trinajstić information content (AvgIpc) is 2.93. The molecule has 0 aromatic heterocycles. The monoisotopic (exact) mass is 262 g/mol. The highest BCUT2D eigenvalue weighted by molar-refractivity contribution is 5.45. The van der Waals surface area contributed by atoms with Gasteiger partial charge in [0, 0.05) is 18.6 Å². The van der Waals surface area contributed by atoms with Crippen molar-refractivity contribution in [3.8, 4) is 11.5 Å². The van der Waals surface area contributed by atoms with Crippen LogP contribution in [0, 0.1) is 0 Å². The molecule has 2 atom stereocenters. The van der Waals surface area contributed by atoms with E-state index in [0.29, 0.717) is 18.9 Å². The Morgan fingerprint density at radius 3 is 3.05 bits per heavy atom. The SMILES string of the molecule is CC(NCC1CCCCN1)c1ccc2c(c1)OCO2. The molecule has 4 nitrogen and oxygen atoms in total. The summed E-state index contributed by atoms with van der Waals surface area (Å²) in [6.45, 7) is 4.72. The van der Waals surface area contributed by atoms with Crippen molar-refractivity contribution >= 4 is 0 Å². The predicted octanol–water partition coefficient (Wildman–Crippen LogP) is 2.21. The Kier molecular flexibility index (Phi) is 3.89. The molecule has 2 aliphatic rings. The minimum absolute atomic E-state index is 0.332. The highest BCUT2D eigenvalue weighted by Gasteiger charge is 2.17. The molecule has 4 heteroatoms. The number of ether oxygens (including phenoxy) is 2. The molecule has 104 valence electrons. The Bertz CT molecular complexity index is 430. The fraction of sp³-hybridized carbons (Fsp3) is 0.600. The minimum Gasteiger partial charge on any atom is -0.454 e. The molecule has 0 bridgehead atoms. The molecule has 1 fully saturated rings. The summed E-state index contributed by atoms with van der Waals surface area (Å²) in [6.07, 6.45) is 3.94. The van der Waals surface area contributed by atoms with Crippen LogP contribution in [-0.4, -0.2) is 25.9 Å². The smallest absolute Gasteiger partial charge is 0.231 e. The number of fused-ring (bicyclic) bond motifs is 1. The van der Waals surface area contributed by atoms with E-state index >= 15 is 0 Å². The quantitative estimate of drug-likeness (QED) is 0.873. The summed E-state index contributed by atoms with van der Waals surface area (Å²) in [4.78, 5) is 0. The molecule has 0 saturated carbocycles. The summed E-state index contributed by atoms with van der Waals surface area (Å²) in [7, 11) is 0. The molecule has 1 aromatic rings. The van der Waals surface area contributed by atoms with Gasteiger partial charge in [-0.2, -0.15) is 0 Å². The van der Waals surface area contributed by atoms with Crippen LogP contribution in [0.4, 0.5) is 0 Å². The summed E-state index contributed by atoms with van der Waals surface area (Å²) in [5.74, 6) is 1.71. The third-order valence-corrected chi connectivity index (χ3v) is 3.98. The maximum atomic E-state index is 5.42. The first-order valence-electron chi connectivity index (χ1n) is 7.19. The summed E-state index contributed by atoms with van der Waals surface area (Å²) in [5, 5.41) is 7.16. The van der Waals surface area contributed by atoms with E-state index in [0.717, 1.165) is 24.6 Å². The normalized spacial score (nSPS) is 23.3. The van der Waals surface area contributed by atoms with Crippen molar-refractivity contribution in [3.05, 3.63) is 23.8 Å². The molecule has 0 amide bonds. The molecule has 2 unspecified atom stereocenters. The van der Waals surface area contributed by atoms with Crippen molar-refractivity contribution in [2.24, 2.45) is 0 Å². The van der Waals surface area contributed by atoms with Crippen molar-refractivity contribution in [2.75, 3.05) is 19.9 Å². The molecular formula is C15H22N2O2. The number of benzene rings is 1. The van der Waals surface area contributed by atoms with Gasteiger partial charge in [-0.25, -0.2) is 0 Å². The van der Waals surface area contributed by atoms with E-state index in [1.807, 2.05) is 6.07 Å². The van der Waals surface area contributed by atoms with Crippen molar-refractivity contribution in [1.29, 1.82) is 0 Å². The molecule has 3 rings (SSSR count). The highest BCUT2D eigenvalue weighted by Crippen LogP contribution is 2.34. The molecule has 0 radical (unpaired) electrons.